The van der Waals surface area contributed by atoms with Gasteiger partial charge in [0.1, 0.15) is 30.9 Å². The number of hydrogen-bond donors (Lipinski definition) is 2. The number of rotatable bonds is 4. The number of aromatic nitrogens is 2. The van der Waals surface area contributed by atoms with Crippen molar-refractivity contribution in [1.29, 1.82) is 0 Å². The van der Waals surface area contributed by atoms with E-state index in [1.165, 1.54) is 31.8 Å². The first-order valence-corrected chi connectivity index (χ1v) is 5.40. The van der Waals surface area contributed by atoms with Crippen LogP contribution in [0.3, 0.4) is 0 Å². The lowest BCUT2D eigenvalue weighted by molar-refractivity contribution is 0.215. The minimum absolute atomic E-state index is 0.264. The fraction of sp³-hybridized carbons (Fsp3) is 0.0833. The molecular formula is C12H12FN5O. The second kappa shape index (κ2) is 5.76. The normalized spacial score (nSPS) is 10.6. The van der Waals surface area contributed by atoms with Crippen molar-refractivity contribution in [1.82, 2.24) is 9.97 Å². The van der Waals surface area contributed by atoms with Crippen molar-refractivity contribution in [3.63, 3.8) is 0 Å². The molecule has 0 fully saturated rings. The molecule has 0 saturated carbocycles. The Morgan fingerprint density at radius 2 is 2.05 bits per heavy atom. The summed E-state index contributed by atoms with van der Waals surface area (Å²) >= 11 is 0. The Bertz CT molecular complexity index is 585. The smallest absolute Gasteiger partial charge is 0.144 e. The van der Waals surface area contributed by atoms with Gasteiger partial charge >= 0.3 is 0 Å². The minimum Gasteiger partial charge on any atom is -0.399 e. The van der Waals surface area contributed by atoms with Gasteiger partial charge in [-0.25, -0.2) is 14.4 Å². The highest BCUT2D eigenvalue weighted by atomic mass is 19.1. The average Bonchev–Trinajstić information content (AvgIpc) is 2.41. The Hall–Kier alpha value is -2.70. The number of anilines is 3. The van der Waals surface area contributed by atoms with Crippen LogP contribution >= 0.6 is 0 Å². The predicted molar refractivity (Wildman–Crippen MR) is 70.7 cm³/mol. The average molecular weight is 261 g/mol. The Balaban J connectivity index is 2.31. The molecule has 2 aromatic rings. The molecule has 1 aromatic heterocycles. The zero-order valence-electron chi connectivity index (χ0n) is 10.2. The van der Waals surface area contributed by atoms with Crippen LogP contribution in [-0.4, -0.2) is 23.3 Å². The topological polar surface area (TPSA) is 85.4 Å². The fourth-order valence-electron chi connectivity index (χ4n) is 1.41. The molecule has 98 valence electrons. The van der Waals surface area contributed by atoms with Crippen LogP contribution in [-0.2, 0) is 4.84 Å². The SMILES string of the molecule is CON=Cc1c(N)ncnc1Nc1ccc(F)cc1. The van der Waals surface area contributed by atoms with E-state index >= 15 is 0 Å². The molecule has 0 saturated heterocycles. The van der Waals surface area contributed by atoms with Crippen LogP contribution in [0.4, 0.5) is 21.7 Å². The summed E-state index contributed by atoms with van der Waals surface area (Å²) in [5, 5.41) is 6.64. The van der Waals surface area contributed by atoms with Crippen molar-refractivity contribution >= 4 is 23.5 Å². The summed E-state index contributed by atoms with van der Waals surface area (Å²) in [7, 11) is 1.42. The van der Waals surface area contributed by atoms with E-state index in [9.17, 15) is 4.39 Å². The van der Waals surface area contributed by atoms with E-state index in [4.69, 9.17) is 5.73 Å². The molecule has 0 atom stereocenters. The van der Waals surface area contributed by atoms with Crippen LogP contribution in [0.25, 0.3) is 0 Å². The highest BCUT2D eigenvalue weighted by Crippen LogP contribution is 2.20. The Morgan fingerprint density at radius 3 is 2.74 bits per heavy atom. The zero-order chi connectivity index (χ0) is 13.7. The van der Waals surface area contributed by atoms with Crippen LogP contribution in [0, 0.1) is 5.82 Å². The summed E-state index contributed by atoms with van der Waals surface area (Å²) in [4.78, 5) is 12.5. The molecule has 6 nitrogen and oxygen atoms in total. The van der Waals surface area contributed by atoms with E-state index in [2.05, 4.69) is 25.3 Å². The molecule has 0 spiro atoms. The van der Waals surface area contributed by atoms with E-state index in [1.807, 2.05) is 0 Å². The number of nitrogens with zero attached hydrogens (tertiary/aromatic N) is 3. The Kier molecular flexibility index (Phi) is 3.87. The van der Waals surface area contributed by atoms with Gasteiger partial charge < -0.3 is 15.9 Å². The summed E-state index contributed by atoms with van der Waals surface area (Å²) in [5.74, 6) is 0.411. The van der Waals surface area contributed by atoms with Crippen molar-refractivity contribution in [3.05, 3.63) is 42.0 Å². The zero-order valence-corrected chi connectivity index (χ0v) is 10.2. The second-order valence-electron chi connectivity index (χ2n) is 3.57. The van der Waals surface area contributed by atoms with Crippen molar-refractivity contribution in [2.24, 2.45) is 5.16 Å². The highest BCUT2D eigenvalue weighted by molar-refractivity contribution is 5.92. The molecule has 7 heteroatoms. The fourth-order valence-corrected chi connectivity index (χ4v) is 1.41. The highest BCUT2D eigenvalue weighted by Gasteiger charge is 2.07. The molecule has 1 aromatic carbocycles. The van der Waals surface area contributed by atoms with Gasteiger partial charge in [-0.05, 0) is 24.3 Å². The molecule has 19 heavy (non-hydrogen) atoms. The Morgan fingerprint density at radius 1 is 1.32 bits per heavy atom. The second-order valence-corrected chi connectivity index (χ2v) is 3.57. The summed E-state index contributed by atoms with van der Waals surface area (Å²) in [6.45, 7) is 0. The lowest BCUT2D eigenvalue weighted by Crippen LogP contribution is -2.05. The van der Waals surface area contributed by atoms with Gasteiger partial charge in [-0.1, -0.05) is 5.16 Å². The van der Waals surface area contributed by atoms with Crippen molar-refractivity contribution in [2.75, 3.05) is 18.2 Å². The van der Waals surface area contributed by atoms with Crippen LogP contribution in [0.1, 0.15) is 5.56 Å². The first-order chi connectivity index (χ1) is 9.20. The third-order valence-electron chi connectivity index (χ3n) is 2.31. The Labute approximate surface area is 109 Å². The molecular weight excluding hydrogens is 249 g/mol. The number of nitrogen functional groups attached to an aromatic ring is 1. The van der Waals surface area contributed by atoms with Crippen LogP contribution in [0.2, 0.25) is 0 Å². The number of nitrogens with two attached hydrogens (primary N) is 1. The molecule has 0 amide bonds. The maximum Gasteiger partial charge on any atom is 0.144 e. The van der Waals surface area contributed by atoms with Gasteiger partial charge in [0, 0.05) is 5.69 Å². The van der Waals surface area contributed by atoms with Gasteiger partial charge in [0.05, 0.1) is 11.8 Å². The lowest BCUT2D eigenvalue weighted by Gasteiger charge is -2.09. The number of halogens is 1. The van der Waals surface area contributed by atoms with Gasteiger partial charge in [-0.3, -0.25) is 0 Å². The van der Waals surface area contributed by atoms with E-state index < -0.39 is 0 Å². The summed E-state index contributed by atoms with van der Waals surface area (Å²) < 4.78 is 12.8. The molecule has 0 aliphatic rings. The summed E-state index contributed by atoms with van der Waals surface area (Å²) in [6, 6.07) is 5.86. The number of nitrogens with one attached hydrogen (secondary N) is 1. The van der Waals surface area contributed by atoms with Crippen LogP contribution in [0.15, 0.2) is 35.7 Å². The molecule has 0 bridgehead atoms. The van der Waals surface area contributed by atoms with Crippen LogP contribution in [0.5, 0.6) is 0 Å². The molecule has 0 radical (unpaired) electrons. The first kappa shape index (κ1) is 12.7. The molecule has 0 aliphatic carbocycles. The number of hydrogen-bond acceptors (Lipinski definition) is 6. The number of benzene rings is 1. The third-order valence-corrected chi connectivity index (χ3v) is 2.31. The van der Waals surface area contributed by atoms with Crippen LogP contribution < -0.4 is 11.1 Å². The molecule has 0 unspecified atom stereocenters. The van der Waals surface area contributed by atoms with Gasteiger partial charge in [0.15, 0.2) is 0 Å². The molecule has 1 heterocycles. The minimum atomic E-state index is -0.311. The monoisotopic (exact) mass is 261 g/mol. The first-order valence-electron chi connectivity index (χ1n) is 5.40. The van der Waals surface area contributed by atoms with E-state index in [0.29, 0.717) is 17.1 Å². The molecule has 2 rings (SSSR count). The standard InChI is InChI=1S/C12H12FN5O/c1-19-17-6-10-11(14)15-7-16-12(10)18-9-4-2-8(13)3-5-9/h2-7H,1H3,(H3,14,15,16,18). The summed E-state index contributed by atoms with van der Waals surface area (Å²) in [5.41, 5.74) is 6.91. The van der Waals surface area contributed by atoms with Gasteiger partial charge in [-0.2, -0.15) is 0 Å². The van der Waals surface area contributed by atoms with Gasteiger partial charge in [0.2, 0.25) is 0 Å². The maximum atomic E-state index is 12.8. The van der Waals surface area contributed by atoms with E-state index in [-0.39, 0.29) is 11.6 Å². The van der Waals surface area contributed by atoms with E-state index in [1.54, 1.807) is 12.1 Å². The number of oxime groups is 1. The van der Waals surface area contributed by atoms with Gasteiger partial charge in [-0.15, -0.1) is 0 Å². The maximum absolute atomic E-state index is 12.8. The lowest BCUT2D eigenvalue weighted by atomic mass is 10.2. The van der Waals surface area contributed by atoms with Crippen molar-refractivity contribution in [3.8, 4) is 0 Å². The molecule has 3 N–H and O–H groups in total. The van der Waals surface area contributed by atoms with Gasteiger partial charge in [0.25, 0.3) is 0 Å². The molecule has 0 aliphatic heterocycles. The quantitative estimate of drug-likeness (QED) is 0.648. The third kappa shape index (κ3) is 3.15. The largest absolute Gasteiger partial charge is 0.399 e. The van der Waals surface area contributed by atoms with E-state index in [0.717, 1.165) is 0 Å². The van der Waals surface area contributed by atoms with Crippen molar-refractivity contribution < 1.29 is 9.23 Å². The predicted octanol–water partition coefficient (Wildman–Crippen LogP) is 1.92. The van der Waals surface area contributed by atoms with Crippen molar-refractivity contribution in [2.45, 2.75) is 0 Å². The summed E-state index contributed by atoms with van der Waals surface area (Å²) in [6.07, 6.45) is 2.73.